The lowest BCUT2D eigenvalue weighted by Gasteiger charge is -2.64. The van der Waals surface area contributed by atoms with Crippen LogP contribution in [-0.2, 0) is 33.2 Å². The summed E-state index contributed by atoms with van der Waals surface area (Å²) in [5.74, 6) is -0.591. The van der Waals surface area contributed by atoms with Crippen molar-refractivity contribution < 1.29 is 89.4 Å². The average molecular weight is 805 g/mol. The molecule has 2 bridgehead atoms. The van der Waals surface area contributed by atoms with E-state index in [-0.39, 0.29) is 22.7 Å². The number of aliphatic hydroxyl groups is 11. The van der Waals surface area contributed by atoms with Crippen molar-refractivity contribution in [1.82, 2.24) is 0 Å². The van der Waals surface area contributed by atoms with Crippen molar-refractivity contribution in [3.05, 3.63) is 12.2 Å². The fourth-order valence-electron chi connectivity index (χ4n) is 12.0. The van der Waals surface area contributed by atoms with Gasteiger partial charge in [0.15, 0.2) is 12.6 Å². The monoisotopic (exact) mass is 804 g/mol. The molecule has 3 heterocycles. The van der Waals surface area contributed by atoms with Gasteiger partial charge < -0.3 is 84.6 Å². The number of carbonyl (C=O) groups is 1. The predicted molar refractivity (Wildman–Crippen MR) is 186 cm³/mol. The second-order valence-corrected chi connectivity index (χ2v) is 18.0. The van der Waals surface area contributed by atoms with Crippen molar-refractivity contribution in [2.24, 2.45) is 28.1 Å². The van der Waals surface area contributed by atoms with Gasteiger partial charge in [-0.3, -0.25) is 4.79 Å². The van der Waals surface area contributed by atoms with Crippen LogP contribution in [0.15, 0.2) is 12.2 Å². The molecule has 3 saturated heterocycles. The predicted octanol–water partition coefficient (Wildman–Crippen LogP) is -2.94. The Hall–Kier alpha value is -1.43. The third-order valence-electron chi connectivity index (χ3n) is 15.0. The van der Waals surface area contributed by atoms with E-state index in [9.17, 15) is 61.0 Å². The number of carbonyl (C=O) groups excluding carboxylic acids is 1. The van der Waals surface area contributed by atoms with Gasteiger partial charge in [0.2, 0.25) is 6.29 Å². The number of hydrogen-bond donors (Lipinski definition) is 11. The van der Waals surface area contributed by atoms with E-state index in [0.717, 1.165) is 18.4 Å². The molecule has 18 heteroatoms. The van der Waals surface area contributed by atoms with Crippen molar-refractivity contribution in [1.29, 1.82) is 0 Å². The molecule has 3 aliphatic heterocycles. The van der Waals surface area contributed by atoms with Gasteiger partial charge in [-0.2, -0.15) is 0 Å². The Morgan fingerprint density at radius 3 is 1.82 bits per heavy atom. The Morgan fingerprint density at radius 2 is 1.21 bits per heavy atom. The van der Waals surface area contributed by atoms with Crippen LogP contribution in [0.5, 0.6) is 0 Å². The van der Waals surface area contributed by atoms with Crippen LogP contribution in [0.2, 0.25) is 0 Å². The quantitative estimate of drug-likeness (QED) is 0.0631. The first-order valence-corrected chi connectivity index (χ1v) is 19.9. The fraction of sp³-hybridized carbons (Fsp3) is 0.921. The Bertz CT molecular complexity index is 1450. The Labute approximate surface area is 324 Å². The van der Waals surface area contributed by atoms with E-state index in [1.54, 1.807) is 0 Å². The first-order valence-electron chi connectivity index (χ1n) is 19.9. The molecule has 0 aromatic carbocycles. The van der Waals surface area contributed by atoms with Crippen LogP contribution in [-0.4, -0.2) is 180 Å². The summed E-state index contributed by atoms with van der Waals surface area (Å²) in [6.07, 6.45) is -17.8. The molecule has 7 aliphatic rings. The molecule has 0 radical (unpaired) electrons. The molecule has 11 N–H and O–H groups in total. The zero-order chi connectivity index (χ0) is 40.7. The summed E-state index contributed by atoms with van der Waals surface area (Å²) in [5.41, 5.74) is -1.80. The molecule has 56 heavy (non-hydrogen) atoms. The van der Waals surface area contributed by atoms with E-state index >= 15 is 0 Å². The minimum Gasteiger partial charge on any atom is -0.432 e. The van der Waals surface area contributed by atoms with E-state index in [0.29, 0.717) is 44.9 Å². The number of fused-ring (bicyclic) bond motifs is 3. The molecular weight excluding hydrogens is 744 g/mol. The highest BCUT2D eigenvalue weighted by Gasteiger charge is 2.69. The van der Waals surface area contributed by atoms with Crippen LogP contribution >= 0.6 is 0 Å². The van der Waals surface area contributed by atoms with Gasteiger partial charge in [0.25, 0.3) is 0 Å². The first kappa shape index (κ1) is 42.7. The minimum atomic E-state index is -1.81. The lowest BCUT2D eigenvalue weighted by Crippen LogP contribution is -2.65. The molecule has 4 aliphatic carbocycles. The van der Waals surface area contributed by atoms with Crippen molar-refractivity contribution in [2.45, 2.75) is 169 Å². The zero-order valence-electron chi connectivity index (χ0n) is 31.8. The summed E-state index contributed by atoms with van der Waals surface area (Å²) < 4.78 is 35.6. The van der Waals surface area contributed by atoms with E-state index in [1.165, 1.54) is 0 Å². The number of aliphatic hydroxyl groups excluding tert-OH is 11. The molecule has 18 nitrogen and oxygen atoms in total. The van der Waals surface area contributed by atoms with Crippen molar-refractivity contribution in [2.75, 3.05) is 19.8 Å². The van der Waals surface area contributed by atoms with Gasteiger partial charge in [0.1, 0.15) is 73.2 Å². The largest absolute Gasteiger partial charge is 0.432 e. The van der Waals surface area contributed by atoms with E-state index < -0.39 is 129 Å². The van der Waals surface area contributed by atoms with Gasteiger partial charge in [0.05, 0.1) is 30.8 Å². The molecule has 1 spiro atoms. The smallest absolute Gasteiger partial charge is 0.314 e. The highest BCUT2D eigenvalue weighted by atomic mass is 16.8. The maximum Gasteiger partial charge on any atom is 0.314 e. The zero-order valence-corrected chi connectivity index (χ0v) is 31.8. The SMILES string of the molecule is C=C1C[C@]23CC[C@H]4C(C)(C(=O)O[C@@H]5O[C@H](CO)[C@@H](O)[C@H](O)[C@H]5O)CCC[C@]4(C)[C@H]2CC[C@]1(O[C@H]1O[C@H](CO)[C@@H](O)[C@H](O)[C@H]1O[C@@H]1O[C@H](CO)[C@@H](O)[C@H](O)[C@H]1O)C3. The fourth-order valence-corrected chi connectivity index (χ4v) is 12.0. The lowest BCUT2D eigenvalue weighted by atomic mass is 9.41. The van der Waals surface area contributed by atoms with Gasteiger partial charge in [-0.1, -0.05) is 19.9 Å². The normalized spacial score (nSPS) is 54.6. The van der Waals surface area contributed by atoms with Crippen LogP contribution in [0, 0.1) is 28.1 Å². The van der Waals surface area contributed by atoms with Crippen LogP contribution in [0.3, 0.4) is 0 Å². The summed E-state index contributed by atoms with van der Waals surface area (Å²) in [6.45, 7) is 6.52. The highest BCUT2D eigenvalue weighted by Crippen LogP contribution is 2.73. The summed E-state index contributed by atoms with van der Waals surface area (Å²) in [4.78, 5) is 14.1. The molecular formula is C38H60O18. The third-order valence-corrected chi connectivity index (χ3v) is 15.0. The topological polar surface area (TPSA) is 295 Å². The van der Waals surface area contributed by atoms with Gasteiger partial charge in [-0.15, -0.1) is 0 Å². The van der Waals surface area contributed by atoms with Crippen molar-refractivity contribution >= 4 is 5.97 Å². The van der Waals surface area contributed by atoms with E-state index in [4.69, 9.17) is 28.4 Å². The molecule has 0 amide bonds. The van der Waals surface area contributed by atoms with Crippen molar-refractivity contribution in [3.8, 4) is 0 Å². The van der Waals surface area contributed by atoms with Crippen LogP contribution in [0.25, 0.3) is 0 Å². The molecule has 7 rings (SSSR count). The molecule has 7 fully saturated rings. The van der Waals surface area contributed by atoms with Crippen LogP contribution < -0.4 is 0 Å². The average Bonchev–Trinajstić information content (AvgIpc) is 3.37. The van der Waals surface area contributed by atoms with Gasteiger partial charge >= 0.3 is 5.97 Å². The Balaban J connectivity index is 1.10. The minimum absolute atomic E-state index is 0.121. The van der Waals surface area contributed by atoms with Gasteiger partial charge in [-0.05, 0) is 86.5 Å². The molecule has 0 aromatic rings. The Morgan fingerprint density at radius 1 is 0.679 bits per heavy atom. The molecule has 320 valence electrons. The number of esters is 1. The molecule has 4 saturated carbocycles. The number of rotatable bonds is 9. The van der Waals surface area contributed by atoms with Gasteiger partial charge in [0, 0.05) is 0 Å². The van der Waals surface area contributed by atoms with Gasteiger partial charge in [-0.25, -0.2) is 0 Å². The third kappa shape index (κ3) is 6.69. The number of ether oxygens (including phenoxy) is 6. The molecule has 1 unspecified atom stereocenters. The summed E-state index contributed by atoms with van der Waals surface area (Å²) in [5, 5.41) is 114. The highest BCUT2D eigenvalue weighted by molar-refractivity contribution is 5.77. The van der Waals surface area contributed by atoms with Crippen LogP contribution in [0.4, 0.5) is 0 Å². The number of hydrogen-bond acceptors (Lipinski definition) is 18. The van der Waals surface area contributed by atoms with E-state index in [1.807, 2.05) is 6.92 Å². The summed E-state index contributed by atoms with van der Waals surface area (Å²) in [7, 11) is 0. The van der Waals surface area contributed by atoms with Crippen molar-refractivity contribution in [3.63, 3.8) is 0 Å². The maximum atomic E-state index is 14.1. The first-order chi connectivity index (χ1) is 26.4. The second-order valence-electron chi connectivity index (χ2n) is 18.0. The summed E-state index contributed by atoms with van der Waals surface area (Å²) in [6, 6.07) is 0. The summed E-state index contributed by atoms with van der Waals surface area (Å²) >= 11 is 0. The van der Waals surface area contributed by atoms with E-state index in [2.05, 4.69) is 13.5 Å². The maximum absolute atomic E-state index is 14.1. The molecule has 21 atom stereocenters. The standard InChI is InChI=1S/C38H60O18/c1-16-11-37-9-5-20-35(2,7-4-8-36(20,3)34(50)55-32-29(49)26(46)23(43)18(13-40)52-32)21(37)6-10-38(16,15-37)56-33-30(27(47)24(44)19(14-41)53-33)54-31-28(48)25(45)22(42)17(12-39)51-31/h17-33,39-49H,1,4-15H2,2-3H3/t17-,18-,19-,20-,21-,22-,23-,24-,25+,26+,27+,28-,29-,30-,31+,32+,33-,35+,36?,37+,38+/m1/s1. The molecule has 0 aromatic heterocycles. The lowest BCUT2D eigenvalue weighted by molar-refractivity contribution is -0.378. The Kier molecular flexibility index (Phi) is 11.9. The second kappa shape index (κ2) is 15.6. The van der Waals surface area contributed by atoms with Crippen LogP contribution in [0.1, 0.15) is 71.6 Å².